The van der Waals surface area contributed by atoms with Gasteiger partial charge >= 0.3 is 5.97 Å². The van der Waals surface area contributed by atoms with Crippen molar-refractivity contribution in [2.75, 3.05) is 12.9 Å². The smallest absolute Gasteiger partial charge is 0.323 e. The Bertz CT molecular complexity index is 341. The van der Waals surface area contributed by atoms with E-state index in [1.807, 2.05) is 31.2 Å². The number of carbonyl (C=O) groups is 1. The van der Waals surface area contributed by atoms with Gasteiger partial charge in [-0.15, -0.1) is 11.8 Å². The zero-order valence-electron chi connectivity index (χ0n) is 8.90. The molecule has 0 amide bonds. The normalized spacial score (nSPS) is 12.2. The van der Waals surface area contributed by atoms with Crippen LogP contribution in [0.15, 0.2) is 29.2 Å². The molecule has 1 rings (SSSR count). The molecule has 0 aliphatic carbocycles. The number of nitrogens with two attached hydrogens (primary N) is 1. The van der Waals surface area contributed by atoms with E-state index in [1.54, 1.807) is 11.8 Å². The van der Waals surface area contributed by atoms with Gasteiger partial charge in [-0.25, -0.2) is 0 Å². The van der Waals surface area contributed by atoms with Crippen LogP contribution in [-0.4, -0.2) is 24.9 Å². The summed E-state index contributed by atoms with van der Waals surface area (Å²) in [4.78, 5) is 12.2. The van der Waals surface area contributed by atoms with E-state index in [0.717, 1.165) is 4.90 Å². The summed E-state index contributed by atoms with van der Waals surface area (Å²) in [6.45, 7) is 2.03. The molecule has 82 valence electrons. The number of benzene rings is 1. The largest absolute Gasteiger partial charge is 0.468 e. The fraction of sp³-hybridized carbons (Fsp3) is 0.364. The molecule has 0 radical (unpaired) electrons. The van der Waals surface area contributed by atoms with Crippen LogP contribution in [0.3, 0.4) is 0 Å². The van der Waals surface area contributed by atoms with Crippen molar-refractivity contribution in [3.63, 3.8) is 0 Å². The van der Waals surface area contributed by atoms with E-state index in [2.05, 4.69) is 4.74 Å². The van der Waals surface area contributed by atoms with Crippen molar-refractivity contribution >= 4 is 17.7 Å². The molecular weight excluding hydrogens is 210 g/mol. The van der Waals surface area contributed by atoms with Gasteiger partial charge in [0.1, 0.15) is 6.04 Å². The first-order valence-electron chi connectivity index (χ1n) is 4.67. The fourth-order valence-corrected chi connectivity index (χ4v) is 2.08. The van der Waals surface area contributed by atoms with Gasteiger partial charge in [0.2, 0.25) is 0 Å². The average Bonchev–Trinajstić information content (AvgIpc) is 2.26. The molecule has 0 spiro atoms. The first-order valence-corrected chi connectivity index (χ1v) is 5.65. The van der Waals surface area contributed by atoms with E-state index in [1.165, 1.54) is 12.7 Å². The van der Waals surface area contributed by atoms with Crippen LogP contribution in [0.2, 0.25) is 0 Å². The summed E-state index contributed by atoms with van der Waals surface area (Å²) in [5.74, 6) is 0.174. The number of esters is 1. The Labute approximate surface area is 94.0 Å². The summed E-state index contributed by atoms with van der Waals surface area (Å²) in [5, 5.41) is 0. The van der Waals surface area contributed by atoms with E-state index < -0.39 is 6.04 Å². The van der Waals surface area contributed by atoms with Gasteiger partial charge in [0.15, 0.2) is 0 Å². The summed E-state index contributed by atoms with van der Waals surface area (Å²) < 4.78 is 4.55. The van der Waals surface area contributed by atoms with E-state index in [4.69, 9.17) is 5.73 Å². The third-order valence-corrected chi connectivity index (χ3v) is 3.31. The van der Waals surface area contributed by atoms with Gasteiger partial charge in [0.05, 0.1) is 7.11 Å². The Morgan fingerprint density at radius 3 is 2.80 bits per heavy atom. The van der Waals surface area contributed by atoms with Crippen molar-refractivity contribution < 1.29 is 9.53 Å². The molecule has 2 N–H and O–H groups in total. The van der Waals surface area contributed by atoms with Crippen molar-refractivity contribution in [3.8, 4) is 0 Å². The second-order valence-corrected chi connectivity index (χ2v) is 4.27. The molecule has 0 heterocycles. The predicted octanol–water partition coefficient (Wildman–Crippen LogP) is 1.59. The Kier molecular flexibility index (Phi) is 4.65. The lowest BCUT2D eigenvalue weighted by Crippen LogP contribution is -2.33. The van der Waals surface area contributed by atoms with Crippen LogP contribution in [0.4, 0.5) is 0 Å². The van der Waals surface area contributed by atoms with Crippen LogP contribution in [0.25, 0.3) is 0 Å². The number of carbonyl (C=O) groups excluding carboxylic acids is 1. The van der Waals surface area contributed by atoms with Crippen LogP contribution in [0.1, 0.15) is 5.56 Å². The highest BCUT2D eigenvalue weighted by molar-refractivity contribution is 7.99. The highest BCUT2D eigenvalue weighted by Gasteiger charge is 2.13. The summed E-state index contributed by atoms with van der Waals surface area (Å²) in [7, 11) is 1.35. The molecule has 0 saturated heterocycles. The van der Waals surface area contributed by atoms with Crippen molar-refractivity contribution in [1.29, 1.82) is 0 Å². The van der Waals surface area contributed by atoms with Gasteiger partial charge in [-0.2, -0.15) is 0 Å². The molecule has 1 aromatic carbocycles. The maximum Gasteiger partial charge on any atom is 0.323 e. The molecule has 0 fully saturated rings. The minimum atomic E-state index is -0.556. The molecule has 1 unspecified atom stereocenters. The lowest BCUT2D eigenvalue weighted by atomic mass is 10.2. The molecule has 1 atom stereocenters. The first-order chi connectivity index (χ1) is 7.15. The van der Waals surface area contributed by atoms with E-state index >= 15 is 0 Å². The second kappa shape index (κ2) is 5.78. The number of aryl methyl sites for hydroxylation is 1. The quantitative estimate of drug-likeness (QED) is 0.624. The number of ether oxygens (including phenoxy) is 1. The SMILES string of the molecule is COC(=O)C(N)CSc1ccccc1C. The zero-order chi connectivity index (χ0) is 11.3. The molecule has 0 aliphatic rings. The summed E-state index contributed by atoms with van der Waals surface area (Å²) in [5.41, 5.74) is 6.82. The molecule has 0 aliphatic heterocycles. The van der Waals surface area contributed by atoms with Crippen molar-refractivity contribution in [2.24, 2.45) is 5.73 Å². The Morgan fingerprint density at radius 2 is 2.20 bits per heavy atom. The van der Waals surface area contributed by atoms with Crippen LogP contribution in [0, 0.1) is 6.92 Å². The average molecular weight is 225 g/mol. The molecule has 0 bridgehead atoms. The van der Waals surface area contributed by atoms with Crippen LogP contribution >= 0.6 is 11.8 Å². The third-order valence-electron chi connectivity index (χ3n) is 2.02. The van der Waals surface area contributed by atoms with Gasteiger partial charge in [0.25, 0.3) is 0 Å². The van der Waals surface area contributed by atoms with E-state index in [9.17, 15) is 4.79 Å². The lowest BCUT2D eigenvalue weighted by molar-refractivity contribution is -0.141. The predicted molar refractivity (Wildman–Crippen MR) is 61.9 cm³/mol. The van der Waals surface area contributed by atoms with Gasteiger partial charge in [-0.05, 0) is 18.6 Å². The highest BCUT2D eigenvalue weighted by atomic mass is 32.2. The molecule has 3 nitrogen and oxygen atoms in total. The molecule has 1 aromatic rings. The second-order valence-electron chi connectivity index (χ2n) is 3.21. The molecule has 0 saturated carbocycles. The molecule has 4 heteroatoms. The van der Waals surface area contributed by atoms with E-state index in [0.29, 0.717) is 5.75 Å². The number of thioether (sulfide) groups is 1. The van der Waals surface area contributed by atoms with Gasteiger partial charge in [-0.1, -0.05) is 18.2 Å². The van der Waals surface area contributed by atoms with Gasteiger partial charge in [-0.3, -0.25) is 4.79 Å². The Balaban J connectivity index is 2.50. The minimum absolute atomic E-state index is 0.365. The van der Waals surface area contributed by atoms with E-state index in [-0.39, 0.29) is 5.97 Å². The van der Waals surface area contributed by atoms with Crippen molar-refractivity contribution in [2.45, 2.75) is 17.9 Å². The monoisotopic (exact) mass is 225 g/mol. The number of hydrogen-bond donors (Lipinski definition) is 1. The van der Waals surface area contributed by atoms with Gasteiger partial charge in [0, 0.05) is 10.6 Å². The molecular formula is C11H15NO2S. The topological polar surface area (TPSA) is 52.3 Å². The maximum atomic E-state index is 11.1. The summed E-state index contributed by atoms with van der Waals surface area (Å²) in [6, 6.07) is 7.45. The van der Waals surface area contributed by atoms with Crippen molar-refractivity contribution in [1.82, 2.24) is 0 Å². The number of rotatable bonds is 4. The van der Waals surface area contributed by atoms with Crippen molar-refractivity contribution in [3.05, 3.63) is 29.8 Å². The fourth-order valence-electron chi connectivity index (χ4n) is 1.12. The minimum Gasteiger partial charge on any atom is -0.468 e. The summed E-state index contributed by atoms with van der Waals surface area (Å²) in [6.07, 6.45) is 0. The van der Waals surface area contributed by atoms with Crippen LogP contribution in [0.5, 0.6) is 0 Å². The standard InChI is InChI=1S/C11H15NO2S/c1-8-5-3-4-6-10(8)15-7-9(12)11(13)14-2/h3-6,9H,7,12H2,1-2H3. The number of methoxy groups -OCH3 is 1. The first kappa shape index (κ1) is 12.1. The van der Waals surface area contributed by atoms with Crippen LogP contribution in [-0.2, 0) is 9.53 Å². The lowest BCUT2D eigenvalue weighted by Gasteiger charge is -2.09. The Hall–Kier alpha value is -1.00. The Morgan fingerprint density at radius 1 is 1.53 bits per heavy atom. The summed E-state index contributed by atoms with van der Waals surface area (Å²) >= 11 is 1.57. The molecule has 0 aromatic heterocycles. The van der Waals surface area contributed by atoms with Crippen LogP contribution < -0.4 is 5.73 Å². The molecule has 15 heavy (non-hydrogen) atoms. The maximum absolute atomic E-state index is 11.1. The van der Waals surface area contributed by atoms with Gasteiger partial charge < -0.3 is 10.5 Å². The third kappa shape index (κ3) is 3.57. The highest BCUT2D eigenvalue weighted by Crippen LogP contribution is 2.22. The number of hydrogen-bond acceptors (Lipinski definition) is 4. The zero-order valence-corrected chi connectivity index (χ0v) is 9.71.